The molecule has 0 bridgehead atoms. The maximum Gasteiger partial charge on any atom is 0.316 e. The Balaban J connectivity index is 1.45. The van der Waals surface area contributed by atoms with Crippen LogP contribution in [-0.4, -0.2) is 24.2 Å². The fourth-order valence-electron chi connectivity index (χ4n) is 2.28. The van der Waals surface area contributed by atoms with Gasteiger partial charge in [0.15, 0.2) is 12.4 Å². The first-order chi connectivity index (χ1) is 13.7. The van der Waals surface area contributed by atoms with E-state index >= 15 is 0 Å². The maximum atomic E-state index is 12.1. The Morgan fingerprint density at radius 3 is 2.54 bits per heavy atom. The number of nitrogens with one attached hydrogen (secondary N) is 1. The molecule has 3 aromatic rings. The molecule has 2 aromatic carbocycles. The third kappa shape index (κ3) is 6.44. The number of carbonyl (C=O) groups is 2. The minimum atomic E-state index is -0.416. The highest BCUT2D eigenvalue weighted by Crippen LogP contribution is 2.29. The fraction of sp³-hybridized carbons (Fsp3) is 0.143. The van der Waals surface area contributed by atoms with Crippen LogP contribution in [0.15, 0.2) is 72.1 Å². The molecule has 0 saturated carbocycles. The number of thioether (sulfide) groups is 1. The van der Waals surface area contributed by atoms with Crippen molar-refractivity contribution < 1.29 is 19.1 Å². The van der Waals surface area contributed by atoms with Crippen LogP contribution in [0.25, 0.3) is 0 Å². The van der Waals surface area contributed by atoms with Crippen LogP contribution in [0.4, 0.5) is 5.69 Å². The van der Waals surface area contributed by atoms with E-state index < -0.39 is 11.9 Å². The molecule has 0 saturated heterocycles. The number of hydrogen-bond donors (Lipinski definition) is 1. The second kappa shape index (κ2) is 10.5. The molecule has 0 radical (unpaired) electrons. The number of para-hydroxylation sites is 3. The standard InChI is InChI=1S/C21H19NO4S2/c23-20(13-25-21(24)15-27-14-17-9-6-12-28-17)22-18-10-4-5-11-19(18)26-16-7-2-1-3-8-16/h1-12H,13-15H2,(H,22,23). The van der Waals surface area contributed by atoms with Crippen LogP contribution in [0.2, 0.25) is 0 Å². The van der Waals surface area contributed by atoms with Crippen molar-refractivity contribution in [2.24, 2.45) is 0 Å². The zero-order valence-electron chi connectivity index (χ0n) is 15.0. The third-order valence-corrected chi connectivity index (χ3v) is 5.55. The van der Waals surface area contributed by atoms with Crippen LogP contribution in [-0.2, 0) is 20.1 Å². The third-order valence-electron chi connectivity index (χ3n) is 3.54. The van der Waals surface area contributed by atoms with Gasteiger partial charge < -0.3 is 14.8 Å². The van der Waals surface area contributed by atoms with Crippen LogP contribution in [0, 0.1) is 0 Å². The molecule has 0 aliphatic carbocycles. The molecule has 0 aliphatic rings. The molecule has 1 heterocycles. The van der Waals surface area contributed by atoms with Crippen molar-refractivity contribution in [3.8, 4) is 11.5 Å². The van der Waals surface area contributed by atoms with Crippen molar-refractivity contribution in [3.63, 3.8) is 0 Å². The summed E-state index contributed by atoms with van der Waals surface area (Å²) in [5.74, 6) is 1.31. The van der Waals surface area contributed by atoms with Crippen LogP contribution in [0.1, 0.15) is 4.88 Å². The predicted molar refractivity (Wildman–Crippen MR) is 113 cm³/mol. The van der Waals surface area contributed by atoms with Crippen molar-refractivity contribution in [1.29, 1.82) is 0 Å². The highest BCUT2D eigenvalue weighted by Gasteiger charge is 2.11. The van der Waals surface area contributed by atoms with E-state index in [0.717, 1.165) is 5.75 Å². The normalized spacial score (nSPS) is 10.3. The number of hydrogen-bond acceptors (Lipinski definition) is 6. The van der Waals surface area contributed by atoms with E-state index in [2.05, 4.69) is 5.32 Å². The summed E-state index contributed by atoms with van der Waals surface area (Å²) in [7, 11) is 0. The Morgan fingerprint density at radius 1 is 0.964 bits per heavy atom. The van der Waals surface area contributed by atoms with E-state index in [1.54, 1.807) is 29.5 Å². The number of anilines is 1. The molecule has 0 spiro atoms. The smallest absolute Gasteiger partial charge is 0.316 e. The van der Waals surface area contributed by atoms with Gasteiger partial charge in [0.1, 0.15) is 5.75 Å². The summed E-state index contributed by atoms with van der Waals surface area (Å²) < 4.78 is 10.8. The summed E-state index contributed by atoms with van der Waals surface area (Å²) in [5.41, 5.74) is 0.513. The van der Waals surface area contributed by atoms with Gasteiger partial charge in [-0.2, -0.15) is 0 Å². The fourth-order valence-corrected chi connectivity index (χ4v) is 3.94. The molecule has 0 aliphatic heterocycles. The average Bonchev–Trinajstić information content (AvgIpc) is 3.22. The van der Waals surface area contributed by atoms with Gasteiger partial charge >= 0.3 is 5.97 Å². The predicted octanol–water partition coefficient (Wildman–Crippen LogP) is 4.96. The molecule has 1 aromatic heterocycles. The molecule has 3 rings (SSSR count). The van der Waals surface area contributed by atoms with E-state index in [9.17, 15) is 9.59 Å². The first kappa shape index (κ1) is 20.0. The highest BCUT2D eigenvalue weighted by atomic mass is 32.2. The summed E-state index contributed by atoms with van der Waals surface area (Å²) in [6.07, 6.45) is 0. The van der Waals surface area contributed by atoms with Gasteiger partial charge in [-0.3, -0.25) is 9.59 Å². The van der Waals surface area contributed by atoms with Gasteiger partial charge in [0.05, 0.1) is 11.4 Å². The molecular weight excluding hydrogens is 394 g/mol. The van der Waals surface area contributed by atoms with E-state index in [1.165, 1.54) is 16.6 Å². The zero-order chi connectivity index (χ0) is 19.6. The van der Waals surface area contributed by atoms with Gasteiger partial charge in [0.25, 0.3) is 5.91 Å². The van der Waals surface area contributed by atoms with Crippen LogP contribution < -0.4 is 10.1 Å². The van der Waals surface area contributed by atoms with Crippen molar-refractivity contribution in [2.45, 2.75) is 5.75 Å². The molecule has 1 amide bonds. The Hall–Kier alpha value is -2.77. The summed E-state index contributed by atoms with van der Waals surface area (Å²) in [6, 6.07) is 20.4. The largest absolute Gasteiger partial charge is 0.455 e. The Bertz CT molecular complexity index is 898. The van der Waals surface area contributed by atoms with Gasteiger partial charge in [0, 0.05) is 10.6 Å². The number of rotatable bonds is 9. The average molecular weight is 414 g/mol. The Kier molecular flexibility index (Phi) is 7.52. The zero-order valence-corrected chi connectivity index (χ0v) is 16.6. The van der Waals surface area contributed by atoms with Gasteiger partial charge in [0.2, 0.25) is 0 Å². The van der Waals surface area contributed by atoms with E-state index in [4.69, 9.17) is 9.47 Å². The second-order valence-corrected chi connectivity index (χ2v) is 7.71. The quantitative estimate of drug-likeness (QED) is 0.503. The number of carbonyl (C=O) groups excluding carboxylic acids is 2. The molecule has 5 nitrogen and oxygen atoms in total. The van der Waals surface area contributed by atoms with Gasteiger partial charge in [-0.15, -0.1) is 23.1 Å². The van der Waals surface area contributed by atoms with Crippen molar-refractivity contribution >= 4 is 40.7 Å². The molecule has 28 heavy (non-hydrogen) atoms. The van der Waals surface area contributed by atoms with Crippen LogP contribution in [0.3, 0.4) is 0 Å². The summed E-state index contributed by atoms with van der Waals surface area (Å²) >= 11 is 3.11. The lowest BCUT2D eigenvalue weighted by molar-refractivity contribution is -0.144. The van der Waals surface area contributed by atoms with E-state index in [1.807, 2.05) is 53.9 Å². The van der Waals surface area contributed by atoms with Crippen molar-refractivity contribution in [2.75, 3.05) is 17.7 Å². The molecule has 0 atom stereocenters. The van der Waals surface area contributed by atoms with Crippen molar-refractivity contribution in [3.05, 3.63) is 77.0 Å². The lowest BCUT2D eigenvalue weighted by atomic mass is 10.3. The summed E-state index contributed by atoms with van der Waals surface area (Å²) in [5, 5.41) is 4.72. The number of esters is 1. The SMILES string of the molecule is O=C(COC(=O)CSCc1cccs1)Nc1ccccc1Oc1ccccc1. The number of benzene rings is 2. The Morgan fingerprint density at radius 2 is 1.75 bits per heavy atom. The topological polar surface area (TPSA) is 64.6 Å². The highest BCUT2D eigenvalue weighted by molar-refractivity contribution is 7.99. The monoisotopic (exact) mass is 413 g/mol. The van der Waals surface area contributed by atoms with Gasteiger partial charge in [-0.05, 0) is 35.7 Å². The molecule has 7 heteroatoms. The summed E-state index contributed by atoms with van der Waals surface area (Å²) in [6.45, 7) is -0.335. The first-order valence-electron chi connectivity index (χ1n) is 8.58. The minimum Gasteiger partial charge on any atom is -0.455 e. The lowest BCUT2D eigenvalue weighted by Gasteiger charge is -2.12. The van der Waals surface area contributed by atoms with Crippen LogP contribution >= 0.6 is 23.1 Å². The first-order valence-corrected chi connectivity index (χ1v) is 10.6. The number of thiophene rings is 1. The van der Waals surface area contributed by atoms with E-state index in [-0.39, 0.29) is 12.4 Å². The van der Waals surface area contributed by atoms with Gasteiger partial charge in [-0.1, -0.05) is 36.4 Å². The maximum absolute atomic E-state index is 12.1. The van der Waals surface area contributed by atoms with Crippen molar-refractivity contribution in [1.82, 2.24) is 0 Å². The second-order valence-electron chi connectivity index (χ2n) is 5.69. The van der Waals surface area contributed by atoms with Gasteiger partial charge in [-0.25, -0.2) is 0 Å². The van der Waals surface area contributed by atoms with E-state index in [0.29, 0.717) is 17.2 Å². The molecule has 0 unspecified atom stereocenters. The molecule has 144 valence electrons. The molecular formula is C21H19NO4S2. The number of amides is 1. The Labute approximate surface area is 171 Å². The summed E-state index contributed by atoms with van der Waals surface area (Å²) in [4.78, 5) is 25.1. The lowest BCUT2D eigenvalue weighted by Crippen LogP contribution is -2.21. The molecule has 0 fully saturated rings. The van der Waals surface area contributed by atoms with Crippen LogP contribution in [0.5, 0.6) is 11.5 Å². The molecule has 1 N–H and O–H groups in total. The number of ether oxygens (including phenoxy) is 2. The minimum absolute atomic E-state index is 0.207.